The molecule has 0 saturated carbocycles. The second kappa shape index (κ2) is 14.2. The molecule has 13 heavy (non-hydrogen) atoms. The molecule has 1 heteroatoms. The molecule has 0 aromatic heterocycles. The molecule has 0 aromatic rings. The number of allylic oxidation sites excluding steroid dienone is 8. The predicted octanol–water partition coefficient (Wildman–Crippen LogP) is 3.21. The van der Waals surface area contributed by atoms with Gasteiger partial charge in [0.2, 0.25) is 0 Å². The molecule has 0 saturated heterocycles. The zero-order valence-corrected chi connectivity index (χ0v) is 9.54. The Balaban J connectivity index is 0. The van der Waals surface area contributed by atoms with Crippen LogP contribution in [0, 0.1) is 12.2 Å². The Morgan fingerprint density at radius 2 is 1.31 bits per heavy atom. The van der Waals surface area contributed by atoms with E-state index in [-0.39, 0.29) is 7.43 Å². The van der Waals surface area contributed by atoms with Gasteiger partial charge in [-0.2, -0.15) is 12.2 Å². The predicted molar refractivity (Wildman–Crippen MR) is 57.0 cm³/mol. The van der Waals surface area contributed by atoms with Crippen molar-refractivity contribution < 1.29 is 24.2 Å². The van der Waals surface area contributed by atoms with Crippen LogP contribution in [0.25, 0.3) is 0 Å². The van der Waals surface area contributed by atoms with Crippen LogP contribution in [0.15, 0.2) is 36.5 Å². The van der Waals surface area contributed by atoms with Gasteiger partial charge in [0.1, 0.15) is 0 Å². The van der Waals surface area contributed by atoms with Crippen molar-refractivity contribution in [2.45, 2.75) is 20.3 Å². The minimum atomic E-state index is 0. The number of rotatable bonds is 0. The molecule has 0 aliphatic heterocycles. The summed E-state index contributed by atoms with van der Waals surface area (Å²) in [5.74, 6) is 0. The molecule has 2 rings (SSSR count). The van der Waals surface area contributed by atoms with Gasteiger partial charge in [-0.05, 0) is 0 Å². The van der Waals surface area contributed by atoms with E-state index in [1.54, 1.807) is 0 Å². The van der Waals surface area contributed by atoms with Gasteiger partial charge < -0.3 is 0 Å². The molecule has 2 aliphatic carbocycles. The third-order valence-electron chi connectivity index (χ3n) is 1.17. The summed E-state index contributed by atoms with van der Waals surface area (Å²) in [5, 5.41) is 0. The molecule has 0 aromatic carbocycles. The fourth-order valence-corrected chi connectivity index (χ4v) is 0.680. The molecule has 0 radical (unpaired) electrons. The summed E-state index contributed by atoms with van der Waals surface area (Å²) in [6.45, 7) is 0. The SMILES string of the molecule is C.[C-]1=CC=CC1.[C-]1=CC=CC1.[CH2]=[Zr+2]. The van der Waals surface area contributed by atoms with Crippen molar-refractivity contribution >= 4 is 4.21 Å². The van der Waals surface area contributed by atoms with Crippen LogP contribution in [-0.2, 0) is 24.2 Å². The van der Waals surface area contributed by atoms with Crippen molar-refractivity contribution in [3.05, 3.63) is 48.6 Å². The van der Waals surface area contributed by atoms with Crippen molar-refractivity contribution in [2.24, 2.45) is 0 Å². The molecular formula is C12H16Zr. The van der Waals surface area contributed by atoms with Crippen molar-refractivity contribution in [1.82, 2.24) is 0 Å². The zero-order chi connectivity index (χ0) is 9.07. The van der Waals surface area contributed by atoms with Crippen LogP contribution >= 0.6 is 0 Å². The first-order valence-corrected chi connectivity index (χ1v) is 5.53. The van der Waals surface area contributed by atoms with E-state index in [4.69, 9.17) is 0 Å². The van der Waals surface area contributed by atoms with Crippen LogP contribution in [0.3, 0.4) is 0 Å². The van der Waals surface area contributed by atoms with Gasteiger partial charge in [-0.15, -0.1) is 12.8 Å². The van der Waals surface area contributed by atoms with E-state index in [2.05, 4.69) is 28.5 Å². The molecule has 0 unspecified atom stereocenters. The van der Waals surface area contributed by atoms with Crippen molar-refractivity contribution in [3.8, 4) is 0 Å². The third-order valence-corrected chi connectivity index (χ3v) is 1.17. The van der Waals surface area contributed by atoms with Crippen LogP contribution in [0.4, 0.5) is 0 Å². The van der Waals surface area contributed by atoms with E-state index < -0.39 is 0 Å². The van der Waals surface area contributed by atoms with Gasteiger partial charge in [0.25, 0.3) is 0 Å². The topological polar surface area (TPSA) is 0 Å². The van der Waals surface area contributed by atoms with Gasteiger partial charge in [-0.25, -0.2) is 24.3 Å². The van der Waals surface area contributed by atoms with Crippen molar-refractivity contribution in [2.75, 3.05) is 0 Å². The summed E-state index contributed by atoms with van der Waals surface area (Å²) in [6.07, 6.45) is 20.0. The standard InChI is InChI=1S/2C5H5.CH4.CH2.Zr/c2*1-2-4-5-3-1;;;/h2*1-3H,4H2;1H4;1H2;/q2*-1;;;+2. The molecule has 0 amide bonds. The first-order valence-electron chi connectivity index (χ1n) is 3.79. The number of hydrogen-bond donors (Lipinski definition) is 0. The van der Waals surface area contributed by atoms with Crippen molar-refractivity contribution in [1.29, 1.82) is 0 Å². The monoisotopic (exact) mass is 250 g/mol. The molecule has 0 atom stereocenters. The van der Waals surface area contributed by atoms with E-state index in [9.17, 15) is 0 Å². The number of hydrogen-bond acceptors (Lipinski definition) is 0. The third kappa shape index (κ3) is 11.7. The molecule has 0 nitrogen and oxygen atoms in total. The van der Waals surface area contributed by atoms with Crippen molar-refractivity contribution in [3.63, 3.8) is 0 Å². The molecule has 68 valence electrons. The van der Waals surface area contributed by atoms with E-state index >= 15 is 0 Å². The summed E-state index contributed by atoms with van der Waals surface area (Å²) >= 11 is 1.30. The molecule has 2 aliphatic rings. The maximum absolute atomic E-state index is 3.34. The Morgan fingerprint density at radius 3 is 1.38 bits per heavy atom. The average Bonchev–Trinajstić information content (AvgIpc) is 2.87. The summed E-state index contributed by atoms with van der Waals surface area (Å²) in [7, 11) is 0. The molecule has 0 heterocycles. The second-order valence-electron chi connectivity index (χ2n) is 2.01. The van der Waals surface area contributed by atoms with Gasteiger partial charge >= 0.3 is 28.4 Å². The van der Waals surface area contributed by atoms with E-state index in [1.165, 1.54) is 24.2 Å². The normalized spacial score (nSPS) is 14.0. The Bertz CT molecular complexity index is 155. The summed E-state index contributed by atoms with van der Waals surface area (Å²) in [6, 6.07) is 0. The zero-order valence-electron chi connectivity index (χ0n) is 7.09. The van der Waals surface area contributed by atoms with E-state index in [1.807, 2.05) is 24.3 Å². The summed E-state index contributed by atoms with van der Waals surface area (Å²) < 4.78 is 3.34. The minimum absolute atomic E-state index is 0. The fourth-order valence-electron chi connectivity index (χ4n) is 0.680. The summed E-state index contributed by atoms with van der Waals surface area (Å²) in [5.41, 5.74) is 0. The Labute approximate surface area is 97.1 Å². The summed E-state index contributed by atoms with van der Waals surface area (Å²) in [4.78, 5) is 0. The van der Waals surface area contributed by atoms with Gasteiger partial charge in [0, 0.05) is 0 Å². The first kappa shape index (κ1) is 15.2. The van der Waals surface area contributed by atoms with Crippen LogP contribution in [0.1, 0.15) is 20.3 Å². The second-order valence-corrected chi connectivity index (χ2v) is 2.01. The van der Waals surface area contributed by atoms with Crippen LogP contribution in [0.2, 0.25) is 0 Å². The van der Waals surface area contributed by atoms with Crippen LogP contribution < -0.4 is 0 Å². The van der Waals surface area contributed by atoms with Gasteiger partial charge in [0.05, 0.1) is 0 Å². The Morgan fingerprint density at radius 1 is 0.923 bits per heavy atom. The molecule has 0 N–H and O–H groups in total. The molecule has 0 spiro atoms. The van der Waals surface area contributed by atoms with Gasteiger partial charge in [-0.3, -0.25) is 12.2 Å². The first-order chi connectivity index (χ1) is 6.00. The molecule has 0 bridgehead atoms. The maximum atomic E-state index is 3.34. The van der Waals surface area contributed by atoms with Crippen LogP contribution in [0.5, 0.6) is 0 Å². The van der Waals surface area contributed by atoms with Crippen LogP contribution in [-0.4, -0.2) is 4.21 Å². The molecule has 0 fully saturated rings. The van der Waals surface area contributed by atoms with Gasteiger partial charge in [-0.1, -0.05) is 7.43 Å². The average molecular weight is 251 g/mol. The quantitative estimate of drug-likeness (QED) is 0.580. The van der Waals surface area contributed by atoms with Gasteiger partial charge in [0.15, 0.2) is 0 Å². The van der Waals surface area contributed by atoms with E-state index in [0.29, 0.717) is 0 Å². The Kier molecular flexibility index (Phi) is 16.7. The Hall–Kier alpha value is -0.287. The molecular weight excluding hydrogens is 235 g/mol. The van der Waals surface area contributed by atoms with E-state index in [0.717, 1.165) is 12.8 Å². The fraction of sp³-hybridized carbons (Fsp3) is 0.250.